The predicted molar refractivity (Wildman–Crippen MR) is 67.7 cm³/mol. The van der Waals surface area contributed by atoms with Crippen LogP contribution in [0.15, 0.2) is 42.6 Å². The van der Waals surface area contributed by atoms with E-state index < -0.39 is 0 Å². The largest absolute Gasteiger partial charge is 0.454 e. The van der Waals surface area contributed by atoms with E-state index in [1.165, 1.54) is 0 Å². The van der Waals surface area contributed by atoms with Gasteiger partial charge in [-0.15, -0.1) is 0 Å². The number of aromatic nitrogens is 2. The summed E-state index contributed by atoms with van der Waals surface area (Å²) in [4.78, 5) is 7.58. The lowest BCUT2D eigenvalue weighted by molar-refractivity contribution is 0.174. The van der Waals surface area contributed by atoms with Crippen LogP contribution in [0.4, 0.5) is 0 Å². The van der Waals surface area contributed by atoms with Crippen molar-refractivity contribution >= 4 is 11.0 Å². The van der Waals surface area contributed by atoms with Crippen molar-refractivity contribution in [1.29, 1.82) is 0 Å². The molecule has 0 saturated carbocycles. The molecule has 0 spiro atoms. The van der Waals surface area contributed by atoms with Gasteiger partial charge < -0.3 is 14.5 Å². The van der Waals surface area contributed by atoms with Gasteiger partial charge in [-0.25, -0.2) is 4.98 Å². The summed E-state index contributed by atoms with van der Waals surface area (Å²) >= 11 is 0. The molecule has 88 valence electrons. The van der Waals surface area contributed by atoms with E-state index in [9.17, 15) is 0 Å². The average molecular weight is 238 g/mol. The first-order chi connectivity index (χ1) is 8.90. The molecule has 4 nitrogen and oxygen atoms in total. The number of rotatable bonds is 1. The topological polar surface area (TPSA) is 47.1 Å². The summed E-state index contributed by atoms with van der Waals surface area (Å²) in [5.41, 5.74) is 2.99. The zero-order valence-corrected chi connectivity index (χ0v) is 9.51. The van der Waals surface area contributed by atoms with Crippen LogP contribution in [0, 0.1) is 0 Å². The predicted octanol–water partition coefficient (Wildman–Crippen LogP) is 2.96. The maximum atomic E-state index is 5.38. The molecule has 1 N–H and O–H groups in total. The molecule has 3 heterocycles. The van der Waals surface area contributed by atoms with Gasteiger partial charge in [-0.05, 0) is 36.4 Å². The van der Waals surface area contributed by atoms with Crippen molar-refractivity contribution < 1.29 is 9.47 Å². The second-order valence-corrected chi connectivity index (χ2v) is 4.19. The summed E-state index contributed by atoms with van der Waals surface area (Å²) in [7, 11) is 0. The molecule has 3 aromatic rings. The van der Waals surface area contributed by atoms with Crippen LogP contribution in [0.5, 0.6) is 11.5 Å². The third-order valence-electron chi connectivity index (χ3n) is 3.08. The standard InChI is InChI=1S/C14H10N2O2/c1-2-10-6-11(16-14(10)15-5-1)9-3-4-12-13(7-9)18-8-17-12/h1-7H,8H2,(H,15,16). The first-order valence-electron chi connectivity index (χ1n) is 5.74. The number of nitrogens with zero attached hydrogens (tertiary/aromatic N) is 1. The zero-order valence-electron chi connectivity index (χ0n) is 9.51. The molecule has 0 atom stereocenters. The first-order valence-corrected chi connectivity index (χ1v) is 5.74. The van der Waals surface area contributed by atoms with E-state index in [0.717, 1.165) is 33.8 Å². The number of benzene rings is 1. The van der Waals surface area contributed by atoms with E-state index >= 15 is 0 Å². The zero-order chi connectivity index (χ0) is 11.9. The molecule has 18 heavy (non-hydrogen) atoms. The van der Waals surface area contributed by atoms with Gasteiger partial charge in [0, 0.05) is 22.8 Å². The number of hydrogen-bond acceptors (Lipinski definition) is 3. The Hall–Kier alpha value is -2.49. The van der Waals surface area contributed by atoms with E-state index in [1.54, 1.807) is 6.20 Å². The van der Waals surface area contributed by atoms with Gasteiger partial charge in [0.05, 0.1) is 0 Å². The van der Waals surface area contributed by atoms with Crippen LogP contribution >= 0.6 is 0 Å². The minimum atomic E-state index is 0.299. The highest BCUT2D eigenvalue weighted by molar-refractivity contribution is 5.83. The fourth-order valence-corrected chi connectivity index (χ4v) is 2.18. The van der Waals surface area contributed by atoms with Crippen LogP contribution in [0.3, 0.4) is 0 Å². The fraction of sp³-hybridized carbons (Fsp3) is 0.0714. The van der Waals surface area contributed by atoms with Crippen molar-refractivity contribution in [3.8, 4) is 22.8 Å². The lowest BCUT2D eigenvalue weighted by atomic mass is 10.1. The van der Waals surface area contributed by atoms with Crippen molar-refractivity contribution in [3.05, 3.63) is 42.6 Å². The van der Waals surface area contributed by atoms with E-state index in [2.05, 4.69) is 16.0 Å². The van der Waals surface area contributed by atoms with Gasteiger partial charge in [0.25, 0.3) is 0 Å². The van der Waals surface area contributed by atoms with Crippen molar-refractivity contribution in [1.82, 2.24) is 9.97 Å². The molecule has 0 radical (unpaired) electrons. The van der Waals surface area contributed by atoms with E-state index in [1.807, 2.05) is 30.3 Å². The minimum Gasteiger partial charge on any atom is -0.454 e. The quantitative estimate of drug-likeness (QED) is 0.709. The molecule has 0 aliphatic carbocycles. The number of pyridine rings is 1. The normalized spacial score (nSPS) is 13.1. The third kappa shape index (κ3) is 1.35. The Morgan fingerprint density at radius 1 is 1.06 bits per heavy atom. The Morgan fingerprint density at radius 2 is 2.00 bits per heavy atom. The maximum Gasteiger partial charge on any atom is 0.231 e. The summed E-state index contributed by atoms with van der Waals surface area (Å²) in [6.45, 7) is 0.299. The molecule has 1 aromatic carbocycles. The minimum absolute atomic E-state index is 0.299. The molecule has 0 unspecified atom stereocenters. The van der Waals surface area contributed by atoms with Crippen LogP contribution in [0.2, 0.25) is 0 Å². The lowest BCUT2D eigenvalue weighted by Gasteiger charge is -2.00. The van der Waals surface area contributed by atoms with Gasteiger partial charge in [0.15, 0.2) is 11.5 Å². The second-order valence-electron chi connectivity index (χ2n) is 4.19. The van der Waals surface area contributed by atoms with Gasteiger partial charge in [-0.1, -0.05) is 0 Å². The van der Waals surface area contributed by atoms with Gasteiger partial charge >= 0.3 is 0 Å². The van der Waals surface area contributed by atoms with E-state index in [-0.39, 0.29) is 0 Å². The molecular formula is C14H10N2O2. The number of hydrogen-bond donors (Lipinski definition) is 1. The van der Waals surface area contributed by atoms with E-state index in [4.69, 9.17) is 9.47 Å². The molecule has 0 saturated heterocycles. The lowest BCUT2D eigenvalue weighted by Crippen LogP contribution is -1.92. The average Bonchev–Trinajstić information content (AvgIpc) is 3.04. The summed E-state index contributed by atoms with van der Waals surface area (Å²) in [6.07, 6.45) is 1.78. The van der Waals surface area contributed by atoms with Crippen LogP contribution < -0.4 is 9.47 Å². The van der Waals surface area contributed by atoms with Crippen LogP contribution in [-0.2, 0) is 0 Å². The number of H-pyrrole nitrogens is 1. The Bertz CT molecular complexity index is 700. The number of ether oxygens (including phenoxy) is 2. The van der Waals surface area contributed by atoms with Gasteiger partial charge in [-0.3, -0.25) is 0 Å². The van der Waals surface area contributed by atoms with Crippen LogP contribution in [0.25, 0.3) is 22.3 Å². The Balaban J connectivity index is 1.86. The highest BCUT2D eigenvalue weighted by Crippen LogP contribution is 2.36. The van der Waals surface area contributed by atoms with Gasteiger partial charge in [0.2, 0.25) is 6.79 Å². The number of fused-ring (bicyclic) bond motifs is 2. The van der Waals surface area contributed by atoms with Crippen molar-refractivity contribution in [2.75, 3.05) is 6.79 Å². The Labute approximate surface area is 103 Å². The molecule has 0 bridgehead atoms. The Kier molecular flexibility index (Phi) is 1.85. The molecular weight excluding hydrogens is 228 g/mol. The number of nitrogens with one attached hydrogen (secondary N) is 1. The van der Waals surface area contributed by atoms with Gasteiger partial charge in [-0.2, -0.15) is 0 Å². The van der Waals surface area contributed by atoms with E-state index in [0.29, 0.717) is 6.79 Å². The summed E-state index contributed by atoms with van der Waals surface area (Å²) < 4.78 is 10.7. The van der Waals surface area contributed by atoms with Gasteiger partial charge in [0.1, 0.15) is 5.65 Å². The molecule has 4 rings (SSSR count). The second kappa shape index (κ2) is 3.50. The highest BCUT2D eigenvalue weighted by Gasteiger charge is 2.14. The fourth-order valence-electron chi connectivity index (χ4n) is 2.18. The molecule has 0 fully saturated rings. The SMILES string of the molecule is c1cnc2[nH]c(-c3ccc4c(c3)OCO4)cc2c1. The molecule has 0 amide bonds. The van der Waals surface area contributed by atoms with Crippen molar-refractivity contribution in [2.24, 2.45) is 0 Å². The summed E-state index contributed by atoms with van der Waals surface area (Å²) in [5, 5.41) is 1.10. The summed E-state index contributed by atoms with van der Waals surface area (Å²) in [6, 6.07) is 12.0. The van der Waals surface area contributed by atoms with Crippen LogP contribution in [0.1, 0.15) is 0 Å². The van der Waals surface area contributed by atoms with Crippen molar-refractivity contribution in [3.63, 3.8) is 0 Å². The molecule has 2 aromatic heterocycles. The highest BCUT2D eigenvalue weighted by atomic mass is 16.7. The molecule has 4 heteroatoms. The summed E-state index contributed by atoms with van der Waals surface area (Å²) in [5.74, 6) is 1.59. The molecule has 1 aliphatic heterocycles. The molecule has 1 aliphatic rings. The Morgan fingerprint density at radius 3 is 2.94 bits per heavy atom. The maximum absolute atomic E-state index is 5.38. The smallest absolute Gasteiger partial charge is 0.231 e. The van der Waals surface area contributed by atoms with Crippen molar-refractivity contribution in [2.45, 2.75) is 0 Å². The third-order valence-corrected chi connectivity index (χ3v) is 3.08. The number of aromatic amines is 1. The monoisotopic (exact) mass is 238 g/mol. The first kappa shape index (κ1) is 9.53. The van der Waals surface area contributed by atoms with Crippen LogP contribution in [-0.4, -0.2) is 16.8 Å².